The predicted molar refractivity (Wildman–Crippen MR) is 134 cm³/mol. The molecule has 0 unspecified atom stereocenters. The summed E-state index contributed by atoms with van der Waals surface area (Å²) in [7, 11) is 0. The highest BCUT2D eigenvalue weighted by Crippen LogP contribution is 2.40. The summed E-state index contributed by atoms with van der Waals surface area (Å²) in [5.74, 6) is -1.52. The molecule has 0 radical (unpaired) electrons. The molecule has 0 spiro atoms. The monoisotopic (exact) mass is 477 g/mol. The summed E-state index contributed by atoms with van der Waals surface area (Å²) in [5, 5.41) is 9.57. The summed E-state index contributed by atoms with van der Waals surface area (Å²) in [6.45, 7) is 8.23. The van der Waals surface area contributed by atoms with Crippen molar-refractivity contribution < 1.29 is 19.0 Å². The largest absolute Gasteiger partial charge is 0.481 e. The van der Waals surface area contributed by atoms with Crippen LogP contribution in [0.1, 0.15) is 43.5 Å². The molecule has 0 amide bonds. The van der Waals surface area contributed by atoms with E-state index in [0.717, 1.165) is 37.2 Å². The second-order valence-corrected chi connectivity index (χ2v) is 9.90. The van der Waals surface area contributed by atoms with Gasteiger partial charge >= 0.3 is 5.97 Å². The number of hydrogen-bond acceptors (Lipinski definition) is 5. The lowest BCUT2D eigenvalue weighted by Gasteiger charge is -2.40. The van der Waals surface area contributed by atoms with Crippen LogP contribution < -0.4 is 9.64 Å². The Labute approximate surface area is 205 Å². The molecule has 1 aromatic carbocycles. The van der Waals surface area contributed by atoms with Crippen LogP contribution in [0, 0.1) is 18.2 Å². The fourth-order valence-electron chi connectivity index (χ4n) is 4.49. The van der Waals surface area contributed by atoms with E-state index in [0.29, 0.717) is 35.4 Å². The molecule has 35 heavy (non-hydrogen) atoms. The number of anilines is 1. The van der Waals surface area contributed by atoms with E-state index in [1.165, 1.54) is 6.07 Å². The molecule has 7 heteroatoms. The molecule has 3 heterocycles. The Kier molecular flexibility index (Phi) is 7.34. The van der Waals surface area contributed by atoms with E-state index in [4.69, 9.17) is 4.74 Å². The molecule has 1 saturated heterocycles. The molecule has 1 aliphatic heterocycles. The number of ether oxygens (including phenoxy) is 1. The first-order valence-electron chi connectivity index (χ1n) is 12.0. The second kappa shape index (κ2) is 10.4. The molecule has 0 saturated carbocycles. The summed E-state index contributed by atoms with van der Waals surface area (Å²) in [6, 6.07) is 11.3. The van der Waals surface area contributed by atoms with Gasteiger partial charge in [0.05, 0.1) is 18.7 Å². The van der Waals surface area contributed by atoms with Gasteiger partial charge in [-0.1, -0.05) is 44.2 Å². The van der Waals surface area contributed by atoms with E-state index in [2.05, 4.69) is 28.7 Å². The van der Waals surface area contributed by atoms with Gasteiger partial charge in [-0.2, -0.15) is 0 Å². The molecule has 4 rings (SSSR count). The van der Waals surface area contributed by atoms with E-state index in [9.17, 15) is 9.90 Å². The van der Waals surface area contributed by atoms with Gasteiger partial charge in [0.25, 0.3) is 0 Å². The maximum atomic E-state index is 15.0. The van der Waals surface area contributed by atoms with Gasteiger partial charge in [-0.05, 0) is 36.8 Å². The molecule has 0 bridgehead atoms. The van der Waals surface area contributed by atoms with Crippen molar-refractivity contribution in [2.24, 2.45) is 5.41 Å². The number of carboxylic acids is 1. The fourth-order valence-corrected chi connectivity index (χ4v) is 4.49. The zero-order valence-electron chi connectivity index (χ0n) is 20.6. The van der Waals surface area contributed by atoms with Crippen molar-refractivity contribution in [2.75, 3.05) is 24.6 Å². The Morgan fingerprint density at radius 2 is 1.86 bits per heavy atom. The summed E-state index contributed by atoms with van der Waals surface area (Å²) in [4.78, 5) is 22.6. The Bertz CT molecular complexity index is 1190. The Morgan fingerprint density at radius 1 is 1.14 bits per heavy atom. The lowest BCUT2D eigenvalue weighted by Crippen LogP contribution is -2.38. The number of aryl methyl sites for hydroxylation is 1. The number of rotatable bonds is 8. The van der Waals surface area contributed by atoms with E-state index in [-0.39, 0.29) is 17.7 Å². The van der Waals surface area contributed by atoms with Crippen LogP contribution in [0.15, 0.2) is 48.8 Å². The molecule has 1 N–H and O–H groups in total. The summed E-state index contributed by atoms with van der Waals surface area (Å²) in [6.07, 6.45) is 5.76. The van der Waals surface area contributed by atoms with Gasteiger partial charge in [0.2, 0.25) is 5.88 Å². The van der Waals surface area contributed by atoms with Crippen LogP contribution in [0.5, 0.6) is 5.88 Å². The van der Waals surface area contributed by atoms with Gasteiger partial charge in [0.1, 0.15) is 0 Å². The van der Waals surface area contributed by atoms with Gasteiger partial charge in [0, 0.05) is 54.3 Å². The number of aliphatic carboxylic acids is 1. The minimum absolute atomic E-state index is 0.0446. The molecule has 0 atom stereocenters. The number of aromatic nitrogens is 2. The Hall–Kier alpha value is -3.48. The summed E-state index contributed by atoms with van der Waals surface area (Å²) < 4.78 is 20.6. The number of carbonyl (C=O) groups is 1. The molecule has 1 aliphatic rings. The molecular formula is C28H32FN3O3. The summed E-state index contributed by atoms with van der Waals surface area (Å²) >= 11 is 0. The van der Waals surface area contributed by atoms with Crippen LogP contribution >= 0.6 is 0 Å². The highest BCUT2D eigenvalue weighted by molar-refractivity contribution is 5.84. The maximum absolute atomic E-state index is 15.0. The normalized spacial score (nSPS) is 15.1. The zero-order chi connectivity index (χ0) is 25.0. The number of hydrogen-bond donors (Lipinski definition) is 1. The average Bonchev–Trinajstić information content (AvgIpc) is 2.82. The van der Waals surface area contributed by atoms with Crippen molar-refractivity contribution in [1.82, 2.24) is 9.97 Å². The van der Waals surface area contributed by atoms with Crippen LogP contribution in [0.3, 0.4) is 0 Å². The van der Waals surface area contributed by atoms with E-state index >= 15 is 4.39 Å². The third-order valence-corrected chi connectivity index (χ3v) is 6.72. The van der Waals surface area contributed by atoms with Crippen LogP contribution in [0.4, 0.5) is 10.1 Å². The van der Waals surface area contributed by atoms with Gasteiger partial charge in [-0.25, -0.2) is 9.37 Å². The summed E-state index contributed by atoms with van der Waals surface area (Å²) in [5.41, 5.74) is 4.73. The smallest absolute Gasteiger partial charge is 0.307 e. The first-order valence-corrected chi connectivity index (χ1v) is 12.0. The van der Waals surface area contributed by atoms with Gasteiger partial charge < -0.3 is 14.7 Å². The van der Waals surface area contributed by atoms with E-state index in [1.807, 2.05) is 37.3 Å². The highest BCUT2D eigenvalue weighted by Gasteiger charge is 2.29. The maximum Gasteiger partial charge on any atom is 0.307 e. The SMILES string of the molecule is Cc1ncc(-c2cnc(OCCc3ccccc3)c(F)c2)c(N2CCC(C)(C)CC2)c1CC(=O)O. The van der Waals surface area contributed by atoms with E-state index in [1.54, 1.807) is 12.4 Å². The molecule has 184 valence electrons. The first-order chi connectivity index (χ1) is 16.7. The topological polar surface area (TPSA) is 75.6 Å². The fraction of sp³-hybridized carbons (Fsp3) is 0.393. The van der Waals surface area contributed by atoms with Crippen molar-refractivity contribution >= 4 is 11.7 Å². The standard InChI is InChI=1S/C28H32FN3O3/c1-19-22(16-25(33)34)26(32-12-10-28(2,3)11-13-32)23(18-30-19)21-15-24(29)27(31-17-21)35-14-9-20-7-5-4-6-8-20/h4-8,15,17-18H,9-14,16H2,1-3H3,(H,33,34). The van der Waals surface area contributed by atoms with E-state index < -0.39 is 11.8 Å². The number of halogens is 1. The molecule has 1 fully saturated rings. The van der Waals surface area contributed by atoms with Gasteiger partial charge in [-0.15, -0.1) is 0 Å². The second-order valence-electron chi connectivity index (χ2n) is 9.90. The van der Waals surface area contributed by atoms with Crippen molar-refractivity contribution in [1.29, 1.82) is 0 Å². The quantitative estimate of drug-likeness (QED) is 0.464. The van der Waals surface area contributed by atoms with Crippen molar-refractivity contribution in [3.63, 3.8) is 0 Å². The third-order valence-electron chi connectivity index (χ3n) is 6.72. The number of nitrogens with zero attached hydrogens (tertiary/aromatic N) is 3. The first kappa shape index (κ1) is 24.6. The zero-order valence-corrected chi connectivity index (χ0v) is 20.6. The predicted octanol–water partition coefficient (Wildman–Crippen LogP) is 5.47. The Morgan fingerprint density at radius 3 is 2.51 bits per heavy atom. The van der Waals surface area contributed by atoms with Gasteiger partial charge in [-0.3, -0.25) is 9.78 Å². The van der Waals surface area contributed by atoms with Gasteiger partial charge in [0.15, 0.2) is 5.82 Å². The highest BCUT2D eigenvalue weighted by atomic mass is 19.1. The van der Waals surface area contributed by atoms with Crippen LogP contribution in [0.2, 0.25) is 0 Å². The molecular weight excluding hydrogens is 445 g/mol. The van der Waals surface area contributed by atoms with Crippen LogP contribution in [0.25, 0.3) is 11.1 Å². The number of piperidine rings is 1. The van der Waals surface area contributed by atoms with Crippen molar-refractivity contribution in [3.8, 4) is 17.0 Å². The lowest BCUT2D eigenvalue weighted by molar-refractivity contribution is -0.136. The molecule has 2 aromatic heterocycles. The van der Waals surface area contributed by atoms with Crippen LogP contribution in [-0.4, -0.2) is 40.7 Å². The molecule has 0 aliphatic carbocycles. The molecule has 3 aromatic rings. The third kappa shape index (κ3) is 5.96. The minimum atomic E-state index is -0.919. The van der Waals surface area contributed by atoms with Crippen molar-refractivity contribution in [2.45, 2.75) is 46.5 Å². The molecule has 6 nitrogen and oxygen atoms in total. The Balaban J connectivity index is 1.63. The average molecular weight is 478 g/mol. The van der Waals surface area contributed by atoms with Crippen molar-refractivity contribution in [3.05, 3.63) is 71.4 Å². The minimum Gasteiger partial charge on any atom is -0.481 e. The number of pyridine rings is 2. The lowest BCUT2D eigenvalue weighted by atomic mass is 9.82. The number of benzene rings is 1. The number of carboxylic acid groups (broad SMARTS) is 1. The van der Waals surface area contributed by atoms with Crippen LogP contribution in [-0.2, 0) is 17.6 Å².